The number of hydrogen-bond acceptors (Lipinski definition) is 3. The Hall–Kier alpha value is 0.540. The van der Waals surface area contributed by atoms with Crippen molar-refractivity contribution in [1.29, 1.82) is 0 Å². The second-order valence-corrected chi connectivity index (χ2v) is 17.5. The third-order valence-corrected chi connectivity index (χ3v) is 7.29. The molecule has 2 aromatic carbocycles. The van der Waals surface area contributed by atoms with E-state index in [1.54, 1.807) is 58.2 Å². The van der Waals surface area contributed by atoms with Crippen molar-refractivity contribution < 1.29 is 13.7 Å². The summed E-state index contributed by atoms with van der Waals surface area (Å²) < 4.78 is 35.4. The smallest absolute Gasteiger partial charge is 0.319 e. The largest absolute Gasteiger partial charge is 0.332 e. The minimum absolute atomic E-state index is 0.496. The maximum atomic E-state index is 11.9. The highest BCUT2D eigenvalue weighted by Gasteiger charge is 2.17. The molecular formula is C18H24Br2Cl2O3P3+. The van der Waals surface area contributed by atoms with Gasteiger partial charge in [-0.1, -0.05) is 59.6 Å². The van der Waals surface area contributed by atoms with Crippen LogP contribution in [0, 0.1) is 0 Å². The molecule has 0 N–H and O–H groups in total. The van der Waals surface area contributed by atoms with Gasteiger partial charge in [0.2, 0.25) is 0 Å². The maximum Gasteiger partial charge on any atom is 0.332 e. The van der Waals surface area contributed by atoms with Gasteiger partial charge >= 0.3 is 7.80 Å². The lowest BCUT2D eigenvalue weighted by Gasteiger charge is -2.12. The molecule has 0 aliphatic carbocycles. The second-order valence-electron chi connectivity index (χ2n) is 6.77. The predicted molar refractivity (Wildman–Crippen MR) is 136 cm³/mol. The van der Waals surface area contributed by atoms with Gasteiger partial charge in [0.1, 0.15) is 27.6 Å². The molecule has 0 atom stereocenters. The summed E-state index contributed by atoms with van der Waals surface area (Å²) in [6.45, 7) is 10.1. The van der Waals surface area contributed by atoms with E-state index in [0.29, 0.717) is 15.6 Å². The molecule has 28 heavy (non-hydrogen) atoms. The molecule has 0 aliphatic rings. The predicted octanol–water partition coefficient (Wildman–Crippen LogP) is 7.77. The van der Waals surface area contributed by atoms with Crippen molar-refractivity contribution in [3.05, 3.63) is 55.4 Å². The summed E-state index contributed by atoms with van der Waals surface area (Å²) >= 11 is 18.2. The van der Waals surface area contributed by atoms with Gasteiger partial charge in [0.25, 0.3) is 0 Å². The van der Waals surface area contributed by atoms with Crippen molar-refractivity contribution in [3.8, 4) is 0 Å². The number of rotatable bonds is 2. The van der Waals surface area contributed by atoms with Crippen LogP contribution in [0.3, 0.4) is 0 Å². The van der Waals surface area contributed by atoms with E-state index in [0.717, 1.165) is 14.0 Å². The van der Waals surface area contributed by atoms with Crippen LogP contribution in [0.4, 0.5) is 0 Å². The normalized spacial score (nSPS) is 10.9. The lowest BCUT2D eigenvalue weighted by Crippen LogP contribution is -2.13. The van der Waals surface area contributed by atoms with E-state index in [1.165, 1.54) is 0 Å². The van der Waals surface area contributed by atoms with Crippen molar-refractivity contribution >= 4 is 87.8 Å². The van der Waals surface area contributed by atoms with Crippen molar-refractivity contribution in [3.63, 3.8) is 0 Å². The highest BCUT2D eigenvalue weighted by molar-refractivity contribution is 9.11. The molecule has 0 radical (unpaired) electrons. The van der Waals surface area contributed by atoms with E-state index in [4.69, 9.17) is 23.2 Å². The molecule has 2 aromatic rings. The topological polar surface area (TPSA) is 51.2 Å². The molecule has 0 bridgehead atoms. The Morgan fingerprint density at radius 1 is 0.714 bits per heavy atom. The summed E-state index contributed by atoms with van der Waals surface area (Å²) in [5.41, 5.74) is 0. The zero-order valence-electron chi connectivity index (χ0n) is 16.5. The summed E-state index contributed by atoms with van der Waals surface area (Å²) in [6.07, 6.45) is 0. The van der Waals surface area contributed by atoms with Crippen molar-refractivity contribution in [2.24, 2.45) is 0 Å². The molecule has 0 saturated carbocycles. The first-order valence-electron chi connectivity index (χ1n) is 7.90. The van der Waals surface area contributed by atoms with Crippen LogP contribution in [-0.4, -0.2) is 40.0 Å². The Balaban J connectivity index is 0.000000473. The van der Waals surface area contributed by atoms with Crippen LogP contribution in [0.5, 0.6) is 0 Å². The Bertz CT molecular complexity index is 830. The summed E-state index contributed by atoms with van der Waals surface area (Å²) in [5.74, 6) is 0. The van der Waals surface area contributed by atoms with Gasteiger partial charge in [-0.15, -0.1) is 0 Å². The van der Waals surface area contributed by atoms with E-state index in [-0.39, 0.29) is 0 Å². The Morgan fingerprint density at radius 2 is 1.00 bits per heavy atom. The fraction of sp³-hybridized carbons (Fsp3) is 0.333. The number of halogens is 4. The van der Waals surface area contributed by atoms with E-state index in [2.05, 4.69) is 31.9 Å². The van der Waals surface area contributed by atoms with E-state index in [1.807, 2.05) is 18.2 Å². The van der Waals surface area contributed by atoms with Crippen LogP contribution >= 0.6 is 77.1 Å². The first kappa shape index (κ1) is 28.5. The molecule has 2 rings (SSSR count). The molecule has 3 nitrogen and oxygen atoms in total. The Kier molecular flexibility index (Phi) is 12.6. The van der Waals surface area contributed by atoms with Gasteiger partial charge in [-0.3, -0.25) is 0 Å². The lowest BCUT2D eigenvalue weighted by molar-refractivity contribution is 0.588. The Morgan fingerprint density at radius 3 is 1.25 bits per heavy atom. The third kappa shape index (κ3) is 13.0. The van der Waals surface area contributed by atoms with Crippen LogP contribution in [0.2, 0.25) is 10.0 Å². The average Bonchev–Trinajstić information content (AvgIpc) is 2.43. The standard InChI is InChI=1S/C10H15ClO2P2.C6H3Br2Cl.C2H6OP/c1-14(2,12)9-5-8(11)6-10(7-9)15(3,4)13;7-4-1-5(8)3-6(9)2-4;1-4(2)3/h5-7H,1-4H3;1-3H;1-2H3/q;;+1. The summed E-state index contributed by atoms with van der Waals surface area (Å²) in [7, 11) is -5.56. The summed E-state index contributed by atoms with van der Waals surface area (Å²) in [6, 6.07) is 10.7. The quantitative estimate of drug-likeness (QED) is 0.326. The molecule has 0 aliphatic heterocycles. The Labute approximate surface area is 195 Å². The van der Waals surface area contributed by atoms with Gasteiger partial charge in [-0.2, -0.15) is 0 Å². The van der Waals surface area contributed by atoms with Crippen molar-refractivity contribution in [1.82, 2.24) is 0 Å². The molecule has 0 aromatic heterocycles. The molecule has 0 amide bonds. The fourth-order valence-corrected chi connectivity index (χ4v) is 5.78. The van der Waals surface area contributed by atoms with Crippen LogP contribution in [0.15, 0.2) is 45.3 Å². The minimum Gasteiger partial charge on any atom is -0.319 e. The van der Waals surface area contributed by atoms with E-state index >= 15 is 0 Å². The zero-order valence-corrected chi connectivity index (χ0v) is 23.9. The highest BCUT2D eigenvalue weighted by Crippen LogP contribution is 2.39. The molecule has 10 heteroatoms. The summed E-state index contributed by atoms with van der Waals surface area (Å²) in [5, 5.41) is 2.61. The van der Waals surface area contributed by atoms with Gasteiger partial charge < -0.3 is 9.13 Å². The maximum absolute atomic E-state index is 11.9. The first-order valence-corrected chi connectivity index (χ1v) is 17.6. The molecule has 156 valence electrons. The fourth-order valence-electron chi connectivity index (χ4n) is 1.70. The van der Waals surface area contributed by atoms with Crippen molar-refractivity contribution in [2.45, 2.75) is 0 Å². The van der Waals surface area contributed by atoms with Crippen LogP contribution in [-0.2, 0) is 13.7 Å². The molecule has 0 saturated heterocycles. The van der Waals surface area contributed by atoms with Crippen molar-refractivity contribution in [2.75, 3.05) is 40.0 Å². The molecule has 0 unspecified atom stereocenters. The van der Waals surface area contributed by atoms with E-state index < -0.39 is 22.1 Å². The lowest BCUT2D eigenvalue weighted by atomic mass is 10.4. The third-order valence-electron chi connectivity index (χ3n) is 2.94. The molecular weight excluding hydrogens is 588 g/mol. The molecule has 0 fully saturated rings. The van der Waals surface area contributed by atoms with Gasteiger partial charge in [0, 0.05) is 29.6 Å². The SMILES string of the molecule is CP(C)(=O)c1cc(Cl)cc(P(C)(C)=O)c1.C[P+](C)=O.Clc1cc(Br)cc(Br)c1. The van der Waals surface area contributed by atoms with Gasteiger partial charge in [0.15, 0.2) is 0 Å². The minimum atomic E-state index is -2.35. The van der Waals surface area contributed by atoms with Crippen LogP contribution < -0.4 is 10.6 Å². The van der Waals surface area contributed by atoms with Crippen LogP contribution in [0.25, 0.3) is 0 Å². The number of benzene rings is 2. The number of hydrogen-bond donors (Lipinski definition) is 0. The van der Waals surface area contributed by atoms with Crippen LogP contribution in [0.1, 0.15) is 0 Å². The summed E-state index contributed by atoms with van der Waals surface area (Å²) in [4.78, 5) is 0. The zero-order chi connectivity index (χ0) is 22.3. The van der Waals surface area contributed by atoms with Gasteiger partial charge in [-0.25, -0.2) is 0 Å². The highest BCUT2D eigenvalue weighted by atomic mass is 79.9. The average molecular weight is 612 g/mol. The molecule has 0 spiro atoms. The van der Waals surface area contributed by atoms with Gasteiger partial charge in [-0.05, 0) is 63.1 Å². The first-order chi connectivity index (χ1) is 12.5. The second kappa shape index (κ2) is 12.4. The van der Waals surface area contributed by atoms with Gasteiger partial charge in [0.05, 0.1) is 0 Å². The monoisotopic (exact) mass is 609 g/mol. The van der Waals surface area contributed by atoms with E-state index in [9.17, 15) is 13.7 Å². The molecule has 0 heterocycles.